The molecule has 0 atom stereocenters. The van der Waals surface area contributed by atoms with Gasteiger partial charge in [-0.3, -0.25) is 4.57 Å². The summed E-state index contributed by atoms with van der Waals surface area (Å²) in [6.45, 7) is 0. The van der Waals surface area contributed by atoms with Crippen LogP contribution in [0.25, 0.3) is 61.7 Å². The first-order valence-electron chi connectivity index (χ1n) is 16.7. The van der Waals surface area contributed by atoms with Gasteiger partial charge in [-0.15, -0.1) is 0 Å². The van der Waals surface area contributed by atoms with Crippen molar-refractivity contribution in [1.82, 2.24) is 19.5 Å². The summed E-state index contributed by atoms with van der Waals surface area (Å²) in [5.41, 5.74) is 9.29. The van der Waals surface area contributed by atoms with Gasteiger partial charge >= 0.3 is 0 Å². The van der Waals surface area contributed by atoms with Crippen molar-refractivity contribution in [3.8, 4) is 39.9 Å². The van der Waals surface area contributed by atoms with Crippen molar-refractivity contribution in [2.45, 2.75) is 0 Å². The molecular formula is C45H31N5. The number of hydrogen-bond acceptors (Lipinski definition) is 4. The molecule has 0 bridgehead atoms. The zero-order valence-corrected chi connectivity index (χ0v) is 27.1. The molecule has 0 unspecified atom stereocenters. The van der Waals surface area contributed by atoms with Crippen molar-refractivity contribution < 1.29 is 0 Å². The minimum atomic E-state index is 0.578. The summed E-state index contributed by atoms with van der Waals surface area (Å²) < 4.78 is 2.16. The topological polar surface area (TPSA) is 46.8 Å². The molecule has 9 aromatic rings. The number of benzene rings is 7. The smallest absolute Gasteiger partial charge is 0.238 e. The largest absolute Gasteiger partial charge is 0.310 e. The van der Waals surface area contributed by atoms with E-state index in [0.717, 1.165) is 61.1 Å². The average Bonchev–Trinajstić information content (AvgIpc) is 3.54. The summed E-state index contributed by atoms with van der Waals surface area (Å²) in [5, 5.41) is 2.31. The highest BCUT2D eigenvalue weighted by Crippen LogP contribution is 2.39. The Labute approximate surface area is 290 Å². The lowest BCUT2D eigenvalue weighted by Crippen LogP contribution is -2.09. The minimum absolute atomic E-state index is 0.578. The van der Waals surface area contributed by atoms with Crippen LogP contribution in [0, 0.1) is 0 Å². The van der Waals surface area contributed by atoms with Crippen LogP contribution < -0.4 is 4.90 Å². The number of fused-ring (bicyclic) bond motifs is 3. The minimum Gasteiger partial charge on any atom is -0.310 e. The van der Waals surface area contributed by atoms with Gasteiger partial charge < -0.3 is 4.90 Å². The molecule has 0 spiro atoms. The zero-order chi connectivity index (χ0) is 33.3. The molecule has 7 aromatic carbocycles. The maximum atomic E-state index is 5.24. The third-order valence-electron chi connectivity index (χ3n) is 9.05. The van der Waals surface area contributed by atoms with Crippen LogP contribution in [0.15, 0.2) is 188 Å². The molecular weight excluding hydrogens is 611 g/mol. The van der Waals surface area contributed by atoms with Crippen LogP contribution >= 0.6 is 0 Å². The fraction of sp³-hybridized carbons (Fsp3) is 0. The SMILES string of the molecule is c1ccc(-c2nc(-c3ccccc3-c3cccc(N(c4ccccc4)c4ccccc4)c3)nc(-n3c4ccccc4c4ccccc43)n2)cc1. The Bertz CT molecular complexity index is 2500. The van der Waals surface area contributed by atoms with Crippen LogP contribution in [0.4, 0.5) is 17.1 Å². The van der Waals surface area contributed by atoms with E-state index in [1.165, 1.54) is 0 Å². The molecule has 0 amide bonds. The van der Waals surface area contributed by atoms with Crippen LogP contribution in [0.2, 0.25) is 0 Å². The molecule has 0 fully saturated rings. The number of hydrogen-bond donors (Lipinski definition) is 0. The second kappa shape index (κ2) is 12.6. The molecule has 236 valence electrons. The van der Waals surface area contributed by atoms with Crippen molar-refractivity contribution >= 4 is 38.9 Å². The highest BCUT2D eigenvalue weighted by Gasteiger charge is 2.20. The Morgan fingerprint density at radius 2 is 0.840 bits per heavy atom. The number of rotatable bonds is 7. The maximum Gasteiger partial charge on any atom is 0.238 e. The maximum absolute atomic E-state index is 5.24. The van der Waals surface area contributed by atoms with E-state index in [1.54, 1.807) is 0 Å². The summed E-state index contributed by atoms with van der Waals surface area (Å²) >= 11 is 0. The Hall–Kier alpha value is -6.85. The Morgan fingerprint density at radius 1 is 0.360 bits per heavy atom. The average molecular weight is 642 g/mol. The first-order valence-corrected chi connectivity index (χ1v) is 16.7. The van der Waals surface area contributed by atoms with E-state index in [9.17, 15) is 0 Å². The number of anilines is 3. The number of nitrogens with zero attached hydrogens (tertiary/aromatic N) is 5. The van der Waals surface area contributed by atoms with Crippen molar-refractivity contribution in [2.75, 3.05) is 4.90 Å². The van der Waals surface area contributed by atoms with E-state index < -0.39 is 0 Å². The second-order valence-corrected chi connectivity index (χ2v) is 12.1. The van der Waals surface area contributed by atoms with Crippen molar-refractivity contribution in [2.24, 2.45) is 0 Å². The van der Waals surface area contributed by atoms with Crippen LogP contribution in [-0.4, -0.2) is 19.5 Å². The Kier molecular flexibility index (Phi) is 7.41. The van der Waals surface area contributed by atoms with Gasteiger partial charge in [0.05, 0.1) is 11.0 Å². The monoisotopic (exact) mass is 641 g/mol. The number of para-hydroxylation sites is 4. The van der Waals surface area contributed by atoms with Gasteiger partial charge in [-0.1, -0.05) is 140 Å². The molecule has 2 heterocycles. The van der Waals surface area contributed by atoms with Gasteiger partial charge in [-0.2, -0.15) is 9.97 Å². The third kappa shape index (κ3) is 5.27. The molecule has 0 aliphatic carbocycles. The Morgan fingerprint density at radius 3 is 1.48 bits per heavy atom. The molecule has 9 rings (SSSR count). The lowest BCUT2D eigenvalue weighted by Gasteiger charge is -2.26. The fourth-order valence-corrected chi connectivity index (χ4v) is 6.78. The van der Waals surface area contributed by atoms with Crippen molar-refractivity contribution in [3.05, 3.63) is 188 Å². The van der Waals surface area contributed by atoms with Gasteiger partial charge in [0, 0.05) is 39.0 Å². The van der Waals surface area contributed by atoms with E-state index in [1.807, 2.05) is 42.5 Å². The lowest BCUT2D eigenvalue weighted by atomic mass is 9.98. The molecule has 0 aliphatic heterocycles. The molecule has 0 saturated heterocycles. The van der Waals surface area contributed by atoms with Gasteiger partial charge in [0.1, 0.15) is 0 Å². The molecule has 0 saturated carbocycles. The van der Waals surface area contributed by atoms with Gasteiger partial charge in [0.25, 0.3) is 0 Å². The molecule has 5 nitrogen and oxygen atoms in total. The predicted molar refractivity (Wildman–Crippen MR) is 205 cm³/mol. The molecule has 50 heavy (non-hydrogen) atoms. The van der Waals surface area contributed by atoms with E-state index in [4.69, 9.17) is 15.0 Å². The van der Waals surface area contributed by atoms with Gasteiger partial charge in [-0.05, 0) is 59.7 Å². The highest BCUT2D eigenvalue weighted by atomic mass is 15.2. The fourth-order valence-electron chi connectivity index (χ4n) is 6.78. The van der Waals surface area contributed by atoms with Crippen molar-refractivity contribution in [1.29, 1.82) is 0 Å². The molecule has 2 aromatic heterocycles. The zero-order valence-electron chi connectivity index (χ0n) is 27.1. The van der Waals surface area contributed by atoms with Crippen LogP contribution in [0.3, 0.4) is 0 Å². The summed E-state index contributed by atoms with van der Waals surface area (Å²) in [5.74, 6) is 1.81. The molecule has 0 aliphatic rings. The summed E-state index contributed by atoms with van der Waals surface area (Å²) in [7, 11) is 0. The predicted octanol–water partition coefficient (Wildman–Crippen LogP) is 11.4. The van der Waals surface area contributed by atoms with Gasteiger partial charge in [0.15, 0.2) is 11.6 Å². The third-order valence-corrected chi connectivity index (χ3v) is 9.05. The standard InChI is InChI=1S/C45H31N5/c1-4-17-32(18-5-1)43-46-44(48-45(47-43)50-41-29-14-12-26-38(41)39-27-13-15-30-42(39)50)40-28-11-10-25-37(40)33-19-16-24-36(31-33)49(34-20-6-2-7-21-34)35-22-8-3-9-23-35/h1-31H. The normalized spacial score (nSPS) is 11.2. The van der Waals surface area contributed by atoms with E-state index in [2.05, 4.69) is 155 Å². The first-order chi connectivity index (χ1) is 24.8. The summed E-state index contributed by atoms with van der Waals surface area (Å²) in [6.07, 6.45) is 0. The highest BCUT2D eigenvalue weighted by molar-refractivity contribution is 6.09. The van der Waals surface area contributed by atoms with E-state index in [0.29, 0.717) is 17.6 Å². The van der Waals surface area contributed by atoms with Crippen molar-refractivity contribution in [3.63, 3.8) is 0 Å². The quantitative estimate of drug-likeness (QED) is 0.174. The first kappa shape index (κ1) is 29.3. The second-order valence-electron chi connectivity index (χ2n) is 12.1. The van der Waals surface area contributed by atoms with Gasteiger partial charge in [0.2, 0.25) is 5.95 Å². The summed E-state index contributed by atoms with van der Waals surface area (Å²) in [4.78, 5) is 17.8. The van der Waals surface area contributed by atoms with Crippen LogP contribution in [-0.2, 0) is 0 Å². The van der Waals surface area contributed by atoms with Crippen LogP contribution in [0.1, 0.15) is 0 Å². The number of aromatic nitrogens is 4. The molecule has 0 N–H and O–H groups in total. The lowest BCUT2D eigenvalue weighted by molar-refractivity contribution is 0.953. The summed E-state index contributed by atoms with van der Waals surface area (Å²) in [6, 6.07) is 65.0. The molecule has 5 heteroatoms. The van der Waals surface area contributed by atoms with Gasteiger partial charge in [-0.25, -0.2) is 4.98 Å². The van der Waals surface area contributed by atoms with E-state index >= 15 is 0 Å². The Balaban J connectivity index is 1.24. The van der Waals surface area contributed by atoms with E-state index in [-0.39, 0.29) is 0 Å². The molecule has 0 radical (unpaired) electrons. The van der Waals surface area contributed by atoms with Crippen LogP contribution in [0.5, 0.6) is 0 Å².